The largest absolute Gasteiger partial charge is 0.410 e. The van der Waals surface area contributed by atoms with Gasteiger partial charge in [-0.1, -0.05) is 30.3 Å². The molecule has 7 nitrogen and oxygen atoms in total. The Labute approximate surface area is 170 Å². The monoisotopic (exact) mass is 418 g/mol. The molecule has 0 spiro atoms. The van der Waals surface area contributed by atoms with Gasteiger partial charge in [0.25, 0.3) is 5.91 Å². The quantitative estimate of drug-likeness (QED) is 0.680. The second kappa shape index (κ2) is 7.51. The predicted molar refractivity (Wildman–Crippen MR) is 104 cm³/mol. The van der Waals surface area contributed by atoms with Crippen molar-refractivity contribution >= 4 is 11.7 Å². The molecule has 158 valence electrons. The maximum atomic E-state index is 13.7. The van der Waals surface area contributed by atoms with Crippen molar-refractivity contribution in [3.05, 3.63) is 65.1 Å². The fraction of sp³-hybridized carbons (Fsp3) is 0.350. The number of aromatic nitrogens is 4. The fourth-order valence-corrected chi connectivity index (χ4v) is 3.62. The van der Waals surface area contributed by atoms with Crippen LogP contribution in [0.15, 0.2) is 42.7 Å². The van der Waals surface area contributed by atoms with Gasteiger partial charge in [-0.05, 0) is 12.5 Å². The van der Waals surface area contributed by atoms with E-state index in [1.807, 2.05) is 6.92 Å². The van der Waals surface area contributed by atoms with E-state index in [4.69, 9.17) is 0 Å². The molecule has 0 bridgehead atoms. The number of hydrogen-bond donors (Lipinski definition) is 2. The minimum Gasteiger partial charge on any atom is -0.363 e. The fourth-order valence-electron chi connectivity index (χ4n) is 3.62. The molecule has 3 heterocycles. The van der Waals surface area contributed by atoms with E-state index in [9.17, 15) is 18.0 Å². The molecule has 0 saturated heterocycles. The van der Waals surface area contributed by atoms with Crippen molar-refractivity contribution in [2.24, 2.45) is 7.05 Å². The molecule has 1 aliphatic rings. The molecule has 1 aliphatic heterocycles. The third-order valence-electron chi connectivity index (χ3n) is 5.46. The zero-order chi connectivity index (χ0) is 21.5. The smallest absolute Gasteiger partial charge is 0.363 e. The maximum absolute atomic E-state index is 13.7. The van der Waals surface area contributed by atoms with E-state index < -0.39 is 24.2 Å². The van der Waals surface area contributed by atoms with Gasteiger partial charge in [0, 0.05) is 31.3 Å². The lowest BCUT2D eigenvalue weighted by molar-refractivity contribution is -0.173. The number of aryl methyl sites for hydroxylation is 1. The van der Waals surface area contributed by atoms with Gasteiger partial charge in [-0.25, -0.2) is 4.68 Å². The Kier molecular flexibility index (Phi) is 5.00. The summed E-state index contributed by atoms with van der Waals surface area (Å²) in [5.74, 6) is -0.431. The third-order valence-corrected chi connectivity index (χ3v) is 5.46. The highest BCUT2D eigenvalue weighted by molar-refractivity contribution is 5.98. The average molecular weight is 418 g/mol. The Morgan fingerprint density at radius 1 is 1.23 bits per heavy atom. The second-order valence-electron chi connectivity index (χ2n) is 7.31. The molecule has 0 aliphatic carbocycles. The summed E-state index contributed by atoms with van der Waals surface area (Å²) >= 11 is 0. The van der Waals surface area contributed by atoms with E-state index in [1.54, 1.807) is 48.3 Å². The number of carbonyl (C=O) groups is 1. The molecule has 0 fully saturated rings. The molecule has 0 unspecified atom stereocenters. The van der Waals surface area contributed by atoms with E-state index >= 15 is 0 Å². The third kappa shape index (κ3) is 3.64. The van der Waals surface area contributed by atoms with Gasteiger partial charge in [-0.2, -0.15) is 23.4 Å². The van der Waals surface area contributed by atoms with Crippen molar-refractivity contribution in [3.63, 3.8) is 0 Å². The van der Waals surface area contributed by atoms with Crippen LogP contribution in [0.3, 0.4) is 0 Å². The lowest BCUT2D eigenvalue weighted by Gasteiger charge is -2.34. The van der Waals surface area contributed by atoms with Crippen LogP contribution in [0.2, 0.25) is 0 Å². The molecule has 2 aromatic heterocycles. The summed E-state index contributed by atoms with van der Waals surface area (Å²) in [6.07, 6.45) is -1.87. The Morgan fingerprint density at radius 3 is 2.60 bits per heavy atom. The van der Waals surface area contributed by atoms with Crippen molar-refractivity contribution < 1.29 is 18.0 Å². The van der Waals surface area contributed by atoms with Crippen LogP contribution in [0.5, 0.6) is 0 Å². The number of benzene rings is 1. The molecular weight excluding hydrogens is 397 g/mol. The summed E-state index contributed by atoms with van der Waals surface area (Å²) < 4.78 is 43.8. The molecule has 4 rings (SSSR count). The van der Waals surface area contributed by atoms with Gasteiger partial charge in [0.15, 0.2) is 6.04 Å². The predicted octanol–water partition coefficient (Wildman–Crippen LogP) is 3.52. The second-order valence-corrected chi connectivity index (χ2v) is 7.31. The number of alkyl halides is 3. The minimum atomic E-state index is -4.49. The first-order valence-electron chi connectivity index (χ1n) is 9.47. The molecular formula is C20H21F3N6O. The normalized spacial score (nSPS) is 18.6. The highest BCUT2D eigenvalue weighted by Crippen LogP contribution is 2.44. The van der Waals surface area contributed by atoms with Gasteiger partial charge in [-0.3, -0.25) is 9.48 Å². The summed E-state index contributed by atoms with van der Waals surface area (Å²) in [5.41, 5.74) is 2.52. The van der Waals surface area contributed by atoms with Gasteiger partial charge in [0.1, 0.15) is 11.4 Å². The molecule has 0 radical (unpaired) electrons. The lowest BCUT2D eigenvalue weighted by atomic mass is 9.96. The van der Waals surface area contributed by atoms with Crippen LogP contribution in [-0.2, 0) is 13.6 Å². The molecule has 10 heteroatoms. The first-order chi connectivity index (χ1) is 14.3. The van der Waals surface area contributed by atoms with Crippen molar-refractivity contribution in [3.8, 4) is 0 Å². The summed E-state index contributed by atoms with van der Waals surface area (Å²) in [6, 6.07) is 6.47. The van der Waals surface area contributed by atoms with E-state index in [0.717, 1.165) is 21.5 Å². The molecule has 1 aromatic carbocycles. The zero-order valence-corrected chi connectivity index (χ0v) is 16.4. The van der Waals surface area contributed by atoms with Crippen LogP contribution in [0.25, 0.3) is 0 Å². The minimum absolute atomic E-state index is 0.0674. The SMILES string of the molecule is Cc1c(CNC(=O)c2cnn3c2N[C@@H](c2ccccc2)C[C@@H]3C(F)(F)F)cnn1C. The maximum Gasteiger partial charge on any atom is 0.410 e. The summed E-state index contributed by atoms with van der Waals surface area (Å²) in [5, 5.41) is 13.8. The van der Waals surface area contributed by atoms with Crippen LogP contribution in [0.1, 0.15) is 45.7 Å². The van der Waals surface area contributed by atoms with Crippen LogP contribution >= 0.6 is 0 Å². The van der Waals surface area contributed by atoms with E-state index in [1.165, 1.54) is 6.20 Å². The molecule has 0 saturated carbocycles. The summed E-state index contributed by atoms with van der Waals surface area (Å²) in [4.78, 5) is 12.8. The van der Waals surface area contributed by atoms with Crippen molar-refractivity contribution in [2.45, 2.75) is 38.1 Å². The van der Waals surface area contributed by atoms with Gasteiger partial charge in [0.2, 0.25) is 0 Å². The Morgan fingerprint density at radius 2 is 1.97 bits per heavy atom. The molecule has 3 aromatic rings. The molecule has 30 heavy (non-hydrogen) atoms. The highest BCUT2D eigenvalue weighted by atomic mass is 19.4. The van der Waals surface area contributed by atoms with Crippen LogP contribution in [0.4, 0.5) is 19.0 Å². The number of nitrogens with one attached hydrogen (secondary N) is 2. The van der Waals surface area contributed by atoms with E-state index in [2.05, 4.69) is 20.8 Å². The first kappa shape index (κ1) is 20.0. The number of fused-ring (bicyclic) bond motifs is 1. The Balaban J connectivity index is 1.62. The number of halogens is 3. The summed E-state index contributed by atoms with van der Waals surface area (Å²) in [7, 11) is 1.79. The number of nitrogens with zero attached hydrogens (tertiary/aromatic N) is 4. The number of carbonyl (C=O) groups excluding carboxylic acids is 1. The van der Waals surface area contributed by atoms with Crippen LogP contribution in [-0.4, -0.2) is 31.6 Å². The average Bonchev–Trinajstić information content (AvgIpc) is 3.29. The van der Waals surface area contributed by atoms with E-state index in [0.29, 0.717) is 0 Å². The number of hydrogen-bond acceptors (Lipinski definition) is 4. The zero-order valence-electron chi connectivity index (χ0n) is 16.4. The van der Waals surface area contributed by atoms with Crippen LogP contribution < -0.4 is 10.6 Å². The molecule has 2 atom stereocenters. The molecule has 2 N–H and O–H groups in total. The standard InChI is InChI=1S/C20H21F3N6O/c1-12-14(10-25-28(12)2)9-24-19(30)15-11-26-29-17(20(21,22)23)8-16(27-18(15)29)13-6-4-3-5-7-13/h3-7,10-11,16-17,27H,8-9H2,1-2H3,(H,24,30)/t16-,17-/m1/s1. The van der Waals surface area contributed by atoms with Crippen LogP contribution in [0, 0.1) is 6.92 Å². The number of amides is 1. The summed E-state index contributed by atoms with van der Waals surface area (Å²) in [6.45, 7) is 2.09. The number of rotatable bonds is 4. The van der Waals surface area contributed by atoms with Crippen molar-refractivity contribution in [1.29, 1.82) is 0 Å². The molecule has 1 amide bonds. The van der Waals surface area contributed by atoms with Crippen molar-refractivity contribution in [1.82, 2.24) is 24.9 Å². The lowest BCUT2D eigenvalue weighted by Crippen LogP contribution is -2.36. The Hall–Kier alpha value is -3.30. The van der Waals surface area contributed by atoms with Gasteiger partial charge in [-0.15, -0.1) is 0 Å². The topological polar surface area (TPSA) is 76.8 Å². The number of anilines is 1. The Bertz CT molecular complexity index is 1060. The van der Waals surface area contributed by atoms with Gasteiger partial charge >= 0.3 is 6.18 Å². The first-order valence-corrected chi connectivity index (χ1v) is 9.47. The van der Waals surface area contributed by atoms with Gasteiger partial charge in [0.05, 0.1) is 18.4 Å². The van der Waals surface area contributed by atoms with Gasteiger partial charge < -0.3 is 10.6 Å². The highest BCUT2D eigenvalue weighted by Gasteiger charge is 2.47. The van der Waals surface area contributed by atoms with Crippen molar-refractivity contribution in [2.75, 3.05) is 5.32 Å². The van der Waals surface area contributed by atoms with E-state index in [-0.39, 0.29) is 24.3 Å².